The Morgan fingerprint density at radius 3 is 3.11 bits per heavy atom. The summed E-state index contributed by atoms with van der Waals surface area (Å²) in [6, 6.07) is 4.35. The van der Waals surface area contributed by atoms with Crippen LogP contribution < -0.4 is 5.32 Å². The number of hydrogen-bond donors (Lipinski definition) is 1. The minimum Gasteiger partial charge on any atom is -0.366 e. The lowest BCUT2D eigenvalue weighted by Crippen LogP contribution is -2.49. The Bertz CT molecular complexity index is 799. The van der Waals surface area contributed by atoms with Crippen LogP contribution in [0, 0.1) is 0 Å². The first-order valence-corrected chi connectivity index (χ1v) is 9.99. The molecule has 2 aromatic heterocycles. The third-order valence-corrected chi connectivity index (χ3v) is 5.28. The average molecular weight is 388 g/mol. The Kier molecular flexibility index (Phi) is 6.21. The molecule has 0 radical (unpaired) electrons. The van der Waals surface area contributed by atoms with Crippen LogP contribution in [0.15, 0.2) is 24.5 Å². The number of amides is 1. The smallest absolute Gasteiger partial charge is 0.253 e. The molecule has 8 heteroatoms. The molecular weight excluding hydrogens is 360 g/mol. The molecule has 3 heterocycles. The second-order valence-corrected chi connectivity index (χ2v) is 7.33. The summed E-state index contributed by atoms with van der Waals surface area (Å²) in [5.41, 5.74) is 2.06. The summed E-state index contributed by atoms with van der Waals surface area (Å²) in [6.07, 6.45) is 6.49. The van der Waals surface area contributed by atoms with Crippen LogP contribution in [0.2, 0.25) is 0 Å². The van der Waals surface area contributed by atoms with Crippen molar-refractivity contribution in [2.24, 2.45) is 0 Å². The van der Waals surface area contributed by atoms with Gasteiger partial charge in [-0.3, -0.25) is 4.79 Å². The van der Waals surface area contributed by atoms with Crippen LogP contribution in [0.3, 0.4) is 0 Å². The summed E-state index contributed by atoms with van der Waals surface area (Å²) < 4.78 is 7.84. The summed E-state index contributed by atoms with van der Waals surface area (Å²) in [5.74, 6) is 0.0907. The molecule has 2 aliphatic rings. The van der Waals surface area contributed by atoms with E-state index in [2.05, 4.69) is 32.0 Å². The maximum Gasteiger partial charge on any atom is 0.253 e. The second kappa shape index (κ2) is 9.00. The van der Waals surface area contributed by atoms with E-state index in [1.807, 2.05) is 11.0 Å². The van der Waals surface area contributed by atoms with E-state index in [4.69, 9.17) is 9.62 Å². The minimum atomic E-state index is -0.382. The largest absolute Gasteiger partial charge is 0.366 e. The predicted molar refractivity (Wildman–Crippen MR) is 103 cm³/mol. The molecule has 1 N–H and O–H groups in total. The van der Waals surface area contributed by atoms with Crippen LogP contribution in [0.25, 0.3) is 11.0 Å². The first-order valence-electron chi connectivity index (χ1n) is 9.99. The molecule has 1 saturated carbocycles. The monoisotopic (exact) mass is 388 g/mol. The highest BCUT2D eigenvalue weighted by atomic mass is 17.2. The van der Waals surface area contributed by atoms with Gasteiger partial charge < -0.3 is 19.5 Å². The maximum absolute atomic E-state index is 13.1. The highest BCUT2D eigenvalue weighted by Crippen LogP contribution is 2.31. The van der Waals surface area contributed by atoms with Crippen LogP contribution >= 0.6 is 0 Å². The molecule has 0 aromatic carbocycles. The van der Waals surface area contributed by atoms with E-state index >= 15 is 0 Å². The first kappa shape index (κ1) is 19.3. The number of pyridine rings is 1. The van der Waals surface area contributed by atoms with E-state index in [1.165, 1.54) is 7.11 Å². The van der Waals surface area contributed by atoms with Crippen LogP contribution in [0.5, 0.6) is 0 Å². The zero-order chi connectivity index (χ0) is 19.3. The lowest BCUT2D eigenvalue weighted by molar-refractivity contribution is -0.272. The number of fused-ring (bicyclic) bond motifs is 1. The molecule has 28 heavy (non-hydrogen) atoms. The number of aromatic nitrogens is 2. The van der Waals surface area contributed by atoms with Crippen molar-refractivity contribution in [2.75, 3.05) is 33.4 Å². The Hall–Kier alpha value is -2.00. The Balaban J connectivity index is 1.52. The zero-order valence-electron chi connectivity index (χ0n) is 16.3. The van der Waals surface area contributed by atoms with Gasteiger partial charge >= 0.3 is 0 Å². The molecule has 1 saturated heterocycles. The summed E-state index contributed by atoms with van der Waals surface area (Å²) >= 11 is 0. The van der Waals surface area contributed by atoms with E-state index in [1.54, 1.807) is 6.20 Å². The summed E-state index contributed by atoms with van der Waals surface area (Å²) in [7, 11) is 1.51. The molecule has 0 bridgehead atoms. The lowest BCUT2D eigenvalue weighted by Gasteiger charge is -2.30. The number of carbonyl (C=O) groups excluding carboxylic acids is 1. The average Bonchev–Trinajstić information content (AvgIpc) is 3.53. The van der Waals surface area contributed by atoms with Crippen LogP contribution in [-0.2, 0) is 32.4 Å². The van der Waals surface area contributed by atoms with Gasteiger partial charge in [-0.1, -0.05) is 0 Å². The van der Waals surface area contributed by atoms with Crippen molar-refractivity contribution in [1.82, 2.24) is 19.8 Å². The minimum absolute atomic E-state index is 0.0907. The van der Waals surface area contributed by atoms with Crippen molar-refractivity contribution < 1.29 is 19.3 Å². The number of rotatable bonds is 9. The first-order chi connectivity index (χ1) is 13.8. The molecule has 1 atom stereocenters. The zero-order valence-corrected chi connectivity index (χ0v) is 16.3. The third kappa shape index (κ3) is 4.35. The van der Waals surface area contributed by atoms with Crippen molar-refractivity contribution in [3.8, 4) is 0 Å². The molecule has 1 aliphatic carbocycles. The number of ether oxygens (including phenoxy) is 1. The van der Waals surface area contributed by atoms with Crippen LogP contribution in [0.4, 0.5) is 0 Å². The highest BCUT2D eigenvalue weighted by Gasteiger charge is 2.37. The summed E-state index contributed by atoms with van der Waals surface area (Å²) in [4.78, 5) is 29.3. The molecule has 8 nitrogen and oxygen atoms in total. The van der Waals surface area contributed by atoms with Gasteiger partial charge in [0.15, 0.2) is 0 Å². The van der Waals surface area contributed by atoms with Gasteiger partial charge in [0.05, 0.1) is 20.3 Å². The predicted octanol–water partition coefficient (Wildman–Crippen LogP) is 1.48. The van der Waals surface area contributed by atoms with Gasteiger partial charge in [-0.2, -0.15) is 0 Å². The van der Waals surface area contributed by atoms with Crippen molar-refractivity contribution >= 4 is 16.9 Å². The maximum atomic E-state index is 13.1. The van der Waals surface area contributed by atoms with Gasteiger partial charge in [0.2, 0.25) is 0 Å². The standard InChI is InChI=1S/C20H28N4O4/c1-26-28-10-3-9-23-13-15(17-4-2-7-22-19(17)23)14-24(16-5-6-16)20(25)18-12-21-8-11-27-18/h2,4,7,13,16,18,21H,3,5-6,8-12,14H2,1H3/t18-/m1/s1. The number of aryl methyl sites for hydroxylation is 1. The fourth-order valence-corrected chi connectivity index (χ4v) is 3.73. The van der Waals surface area contributed by atoms with Gasteiger partial charge in [0, 0.05) is 50.0 Å². The number of carbonyl (C=O) groups is 1. The fraction of sp³-hybridized carbons (Fsp3) is 0.600. The summed E-state index contributed by atoms with van der Waals surface area (Å²) in [5, 5.41) is 4.35. The number of nitrogens with one attached hydrogen (secondary N) is 1. The molecule has 2 aromatic rings. The van der Waals surface area contributed by atoms with Gasteiger partial charge in [0.1, 0.15) is 11.8 Å². The quantitative estimate of drug-likeness (QED) is 0.398. The van der Waals surface area contributed by atoms with Crippen molar-refractivity contribution in [2.45, 2.75) is 44.5 Å². The molecule has 1 amide bonds. The van der Waals surface area contributed by atoms with E-state index in [-0.39, 0.29) is 12.0 Å². The van der Waals surface area contributed by atoms with Gasteiger partial charge in [-0.25, -0.2) is 14.8 Å². The van der Waals surface area contributed by atoms with E-state index in [0.717, 1.165) is 48.9 Å². The molecule has 0 spiro atoms. The van der Waals surface area contributed by atoms with Gasteiger partial charge in [0.25, 0.3) is 5.91 Å². The van der Waals surface area contributed by atoms with E-state index in [9.17, 15) is 4.79 Å². The second-order valence-electron chi connectivity index (χ2n) is 7.33. The normalized spacial score (nSPS) is 19.8. The molecule has 1 aliphatic heterocycles. The van der Waals surface area contributed by atoms with Crippen LogP contribution in [0.1, 0.15) is 24.8 Å². The molecular formula is C20H28N4O4. The topological polar surface area (TPSA) is 77.9 Å². The fourth-order valence-electron chi connectivity index (χ4n) is 3.73. The number of morpholine rings is 1. The van der Waals surface area contributed by atoms with Gasteiger partial charge in [-0.15, -0.1) is 0 Å². The van der Waals surface area contributed by atoms with Crippen molar-refractivity contribution in [3.63, 3.8) is 0 Å². The Morgan fingerprint density at radius 1 is 1.46 bits per heavy atom. The Morgan fingerprint density at radius 2 is 2.36 bits per heavy atom. The molecule has 4 rings (SSSR count). The molecule has 0 unspecified atom stereocenters. The molecule has 152 valence electrons. The Labute approximate surface area is 164 Å². The van der Waals surface area contributed by atoms with E-state index < -0.39 is 0 Å². The number of hydrogen-bond acceptors (Lipinski definition) is 6. The van der Waals surface area contributed by atoms with E-state index in [0.29, 0.717) is 32.3 Å². The van der Waals surface area contributed by atoms with Crippen molar-refractivity contribution in [3.05, 3.63) is 30.1 Å². The summed E-state index contributed by atoms with van der Waals surface area (Å²) in [6.45, 7) is 3.87. The van der Waals surface area contributed by atoms with Gasteiger partial charge in [-0.05, 0) is 37.0 Å². The highest BCUT2D eigenvalue weighted by molar-refractivity contribution is 5.84. The lowest BCUT2D eigenvalue weighted by atomic mass is 10.2. The van der Waals surface area contributed by atoms with Crippen molar-refractivity contribution in [1.29, 1.82) is 0 Å². The third-order valence-electron chi connectivity index (χ3n) is 5.28. The van der Waals surface area contributed by atoms with Crippen LogP contribution in [-0.4, -0.2) is 65.9 Å². The SMILES string of the molecule is COOCCCn1cc(CN(C(=O)[C@H]2CNCCO2)C2CC2)c2cccnc21. The number of nitrogens with zero attached hydrogens (tertiary/aromatic N) is 3. The molecule has 2 fully saturated rings.